The summed E-state index contributed by atoms with van der Waals surface area (Å²) in [5.74, 6) is 0.706. The maximum absolute atomic E-state index is 14.5. The van der Waals surface area contributed by atoms with Crippen molar-refractivity contribution in [3.8, 4) is 17.4 Å². The normalized spacial score (nSPS) is 15.0. The fraction of sp³-hybridized carbons (Fsp3) is 0.391. The molecule has 4 aromatic rings. The monoisotopic (exact) mass is 423 g/mol. The molecule has 0 saturated carbocycles. The van der Waals surface area contributed by atoms with E-state index in [2.05, 4.69) is 20.0 Å². The number of aryl methyl sites for hydroxylation is 1. The van der Waals surface area contributed by atoms with Gasteiger partial charge in [0.2, 0.25) is 5.88 Å². The van der Waals surface area contributed by atoms with Crippen molar-refractivity contribution in [2.75, 3.05) is 26.2 Å². The molecule has 0 spiro atoms. The van der Waals surface area contributed by atoms with Gasteiger partial charge < -0.3 is 19.4 Å². The fourth-order valence-corrected chi connectivity index (χ4v) is 4.21. The van der Waals surface area contributed by atoms with Gasteiger partial charge in [-0.2, -0.15) is 10.1 Å². The van der Waals surface area contributed by atoms with E-state index < -0.39 is 5.82 Å². The van der Waals surface area contributed by atoms with E-state index in [1.807, 2.05) is 19.2 Å². The van der Waals surface area contributed by atoms with Gasteiger partial charge in [0.25, 0.3) is 0 Å². The third-order valence-electron chi connectivity index (χ3n) is 5.88. The lowest BCUT2D eigenvalue weighted by Gasteiger charge is -2.26. The molecular formula is C23H26FN5O2. The number of benzene rings is 1. The molecule has 0 bridgehead atoms. The van der Waals surface area contributed by atoms with Crippen LogP contribution in [0.2, 0.25) is 0 Å². The molecule has 8 heteroatoms. The zero-order chi connectivity index (χ0) is 21.2. The minimum Gasteiger partial charge on any atom is -0.492 e. The van der Waals surface area contributed by atoms with Crippen molar-refractivity contribution in [2.24, 2.45) is 0 Å². The largest absolute Gasteiger partial charge is 0.492 e. The topological polar surface area (TPSA) is 67.7 Å². The zero-order valence-corrected chi connectivity index (χ0v) is 17.6. The number of halogens is 1. The number of rotatable bonds is 7. The number of ether oxygens (including phenoxy) is 2. The molecule has 1 N–H and O–H groups in total. The highest BCUT2D eigenvalue weighted by Crippen LogP contribution is 2.34. The summed E-state index contributed by atoms with van der Waals surface area (Å²) in [5, 5.41) is 5.14. The molecular weight excluding hydrogens is 397 g/mol. The molecule has 0 unspecified atom stereocenters. The molecule has 1 aliphatic heterocycles. The van der Waals surface area contributed by atoms with E-state index in [0.717, 1.165) is 35.2 Å². The highest BCUT2D eigenvalue weighted by atomic mass is 19.1. The van der Waals surface area contributed by atoms with E-state index in [-0.39, 0.29) is 5.75 Å². The Kier molecular flexibility index (Phi) is 5.46. The first-order valence-electron chi connectivity index (χ1n) is 10.8. The van der Waals surface area contributed by atoms with Crippen LogP contribution in [0, 0.1) is 12.7 Å². The maximum Gasteiger partial charge on any atom is 0.247 e. The van der Waals surface area contributed by atoms with Crippen molar-refractivity contribution in [1.82, 2.24) is 24.5 Å². The van der Waals surface area contributed by atoms with Crippen molar-refractivity contribution >= 4 is 16.4 Å². The Bertz CT molecular complexity index is 1200. The smallest absolute Gasteiger partial charge is 0.247 e. The number of nitrogens with zero attached hydrogens (tertiary/aromatic N) is 4. The quantitative estimate of drug-likeness (QED) is 0.436. The summed E-state index contributed by atoms with van der Waals surface area (Å²) in [6, 6.07) is 4.95. The molecule has 4 heterocycles. The number of hydrogen-bond donors (Lipinski definition) is 1. The van der Waals surface area contributed by atoms with E-state index in [4.69, 9.17) is 9.47 Å². The van der Waals surface area contributed by atoms with Crippen LogP contribution in [0.1, 0.15) is 31.2 Å². The van der Waals surface area contributed by atoms with Gasteiger partial charge in [0.1, 0.15) is 17.6 Å². The Morgan fingerprint density at radius 3 is 2.90 bits per heavy atom. The Morgan fingerprint density at radius 1 is 1.16 bits per heavy atom. The van der Waals surface area contributed by atoms with Gasteiger partial charge in [-0.15, -0.1) is 0 Å². The first kappa shape index (κ1) is 19.8. The number of hydrogen-bond acceptors (Lipinski definition) is 5. The second-order valence-corrected chi connectivity index (χ2v) is 8.03. The van der Waals surface area contributed by atoms with Crippen molar-refractivity contribution in [3.63, 3.8) is 0 Å². The summed E-state index contributed by atoms with van der Waals surface area (Å²) >= 11 is 0. The number of aromatic amines is 1. The van der Waals surface area contributed by atoms with E-state index in [9.17, 15) is 4.39 Å². The van der Waals surface area contributed by atoms with Crippen LogP contribution in [0.25, 0.3) is 16.4 Å². The third-order valence-corrected chi connectivity index (χ3v) is 5.88. The molecule has 5 rings (SSSR count). The minimum absolute atomic E-state index is 0.122. The number of likely N-dealkylation sites (tertiary alicyclic amines) is 1. The predicted octanol–water partition coefficient (Wildman–Crippen LogP) is 4.71. The van der Waals surface area contributed by atoms with E-state index in [1.54, 1.807) is 16.8 Å². The van der Waals surface area contributed by atoms with Crippen LogP contribution < -0.4 is 9.47 Å². The lowest BCUT2D eigenvalue weighted by atomic mass is 10.1. The van der Waals surface area contributed by atoms with Crippen LogP contribution in [0.5, 0.6) is 17.4 Å². The predicted molar refractivity (Wildman–Crippen MR) is 116 cm³/mol. The number of nitrogens with one attached hydrogen (secondary N) is 1. The minimum atomic E-state index is -0.454. The van der Waals surface area contributed by atoms with Crippen molar-refractivity contribution in [1.29, 1.82) is 0 Å². The Morgan fingerprint density at radius 2 is 2.03 bits per heavy atom. The SMILES string of the molecule is Cc1c(OCCCN2CCCCC2)cn2ncnc(Oc3cc4cc[nH]c4cc3F)c12. The van der Waals surface area contributed by atoms with Gasteiger partial charge in [-0.1, -0.05) is 6.42 Å². The van der Waals surface area contributed by atoms with Gasteiger partial charge in [0.05, 0.1) is 12.8 Å². The molecule has 0 aliphatic carbocycles. The molecule has 1 aliphatic rings. The highest BCUT2D eigenvalue weighted by Gasteiger charge is 2.17. The van der Waals surface area contributed by atoms with Crippen LogP contribution in [0.3, 0.4) is 0 Å². The summed E-state index contributed by atoms with van der Waals surface area (Å²) in [7, 11) is 0. The molecule has 0 radical (unpaired) electrons. The van der Waals surface area contributed by atoms with Gasteiger partial charge in [-0.25, -0.2) is 8.91 Å². The van der Waals surface area contributed by atoms with Crippen LogP contribution >= 0.6 is 0 Å². The van der Waals surface area contributed by atoms with Crippen LogP contribution in [0.15, 0.2) is 36.9 Å². The van der Waals surface area contributed by atoms with Crippen LogP contribution in [0.4, 0.5) is 4.39 Å². The van der Waals surface area contributed by atoms with Crippen molar-refractivity contribution in [3.05, 3.63) is 48.3 Å². The molecule has 31 heavy (non-hydrogen) atoms. The fourth-order valence-electron chi connectivity index (χ4n) is 4.21. The number of aromatic nitrogens is 4. The van der Waals surface area contributed by atoms with Crippen LogP contribution in [-0.4, -0.2) is 50.7 Å². The van der Waals surface area contributed by atoms with E-state index in [0.29, 0.717) is 18.0 Å². The molecule has 1 aromatic carbocycles. The van der Waals surface area contributed by atoms with E-state index in [1.165, 1.54) is 44.7 Å². The van der Waals surface area contributed by atoms with Crippen LogP contribution in [-0.2, 0) is 0 Å². The average Bonchev–Trinajstić information content (AvgIpc) is 3.36. The first-order chi connectivity index (χ1) is 15.2. The molecule has 3 aromatic heterocycles. The lowest BCUT2D eigenvalue weighted by Crippen LogP contribution is -2.31. The summed E-state index contributed by atoms with van der Waals surface area (Å²) in [5.41, 5.74) is 2.26. The van der Waals surface area contributed by atoms with Gasteiger partial charge >= 0.3 is 0 Å². The molecule has 162 valence electrons. The summed E-state index contributed by atoms with van der Waals surface area (Å²) < 4.78 is 28.1. The Hall–Kier alpha value is -3.13. The second-order valence-electron chi connectivity index (χ2n) is 8.03. The lowest BCUT2D eigenvalue weighted by molar-refractivity contribution is 0.204. The van der Waals surface area contributed by atoms with Gasteiger partial charge in [-0.3, -0.25) is 0 Å². The number of fused-ring (bicyclic) bond motifs is 2. The Labute approximate surface area is 179 Å². The summed E-state index contributed by atoms with van der Waals surface area (Å²) in [6.45, 7) is 6.02. The third kappa shape index (κ3) is 4.07. The summed E-state index contributed by atoms with van der Waals surface area (Å²) in [6.07, 6.45) is 9.90. The summed E-state index contributed by atoms with van der Waals surface area (Å²) in [4.78, 5) is 9.75. The molecule has 0 amide bonds. The van der Waals surface area contributed by atoms with Crippen molar-refractivity contribution < 1.29 is 13.9 Å². The van der Waals surface area contributed by atoms with Gasteiger partial charge in [0, 0.05) is 35.3 Å². The first-order valence-corrected chi connectivity index (χ1v) is 10.8. The Balaban J connectivity index is 1.32. The van der Waals surface area contributed by atoms with Gasteiger partial charge in [0.15, 0.2) is 11.6 Å². The molecule has 0 atom stereocenters. The second kappa shape index (κ2) is 8.55. The zero-order valence-electron chi connectivity index (χ0n) is 17.6. The number of piperidine rings is 1. The van der Waals surface area contributed by atoms with Gasteiger partial charge in [-0.05, 0) is 51.4 Å². The highest BCUT2D eigenvalue weighted by molar-refractivity contribution is 5.81. The van der Waals surface area contributed by atoms with E-state index >= 15 is 0 Å². The average molecular weight is 423 g/mol. The molecule has 1 fully saturated rings. The molecule has 7 nitrogen and oxygen atoms in total. The number of H-pyrrole nitrogens is 1. The maximum atomic E-state index is 14.5. The molecule has 1 saturated heterocycles. The standard InChI is InChI=1S/C23H26FN5O2/c1-16-21(30-11-5-10-28-8-3-2-4-9-28)14-29-22(16)23(26-15-27-29)31-20-12-17-6-7-25-19(17)13-18(20)24/h6-7,12-15,25H,2-5,8-11H2,1H3. The van der Waals surface area contributed by atoms with Crippen molar-refractivity contribution in [2.45, 2.75) is 32.6 Å².